The molecule has 128 valence electrons. The predicted octanol–water partition coefficient (Wildman–Crippen LogP) is 2.47. The van der Waals surface area contributed by atoms with Crippen molar-refractivity contribution in [2.45, 2.75) is 10.9 Å². The molecule has 1 amide bonds. The summed E-state index contributed by atoms with van der Waals surface area (Å²) in [5.41, 5.74) is 1.06. The number of amides is 1. The highest BCUT2D eigenvalue weighted by Crippen LogP contribution is 2.25. The monoisotopic (exact) mass is 365 g/mol. The van der Waals surface area contributed by atoms with E-state index >= 15 is 0 Å². The van der Waals surface area contributed by atoms with Gasteiger partial charge in [0.1, 0.15) is 5.75 Å². The molecule has 0 saturated carbocycles. The van der Waals surface area contributed by atoms with E-state index in [1.807, 2.05) is 35.4 Å². The Balaban J connectivity index is 0.00000208. The van der Waals surface area contributed by atoms with Crippen LogP contribution in [0.25, 0.3) is 0 Å². The van der Waals surface area contributed by atoms with Crippen LogP contribution in [0.3, 0.4) is 0 Å². The van der Waals surface area contributed by atoms with Crippen molar-refractivity contribution in [2.24, 2.45) is 0 Å². The summed E-state index contributed by atoms with van der Waals surface area (Å²) in [5, 5.41) is 12.6. The lowest BCUT2D eigenvalue weighted by atomic mass is 10.1. The van der Waals surface area contributed by atoms with Crippen LogP contribution in [0.1, 0.15) is 11.6 Å². The minimum Gasteiger partial charge on any atom is -0.508 e. The van der Waals surface area contributed by atoms with Gasteiger partial charge in [-0.2, -0.15) is 0 Å². The first-order chi connectivity index (χ1) is 11.2. The highest BCUT2D eigenvalue weighted by molar-refractivity contribution is 8.00. The van der Waals surface area contributed by atoms with Crippen molar-refractivity contribution in [3.63, 3.8) is 0 Å². The van der Waals surface area contributed by atoms with Crippen LogP contribution in [0.15, 0.2) is 53.7 Å². The largest absolute Gasteiger partial charge is 0.508 e. The first kappa shape index (κ1) is 18.6. The first-order valence-corrected chi connectivity index (χ1v) is 8.54. The van der Waals surface area contributed by atoms with E-state index in [0.29, 0.717) is 12.3 Å². The Morgan fingerprint density at radius 1 is 1.33 bits per heavy atom. The Hall–Kier alpha value is -1.76. The van der Waals surface area contributed by atoms with Crippen molar-refractivity contribution in [1.82, 2.24) is 15.2 Å². The molecule has 5 nitrogen and oxygen atoms in total. The van der Waals surface area contributed by atoms with E-state index in [2.05, 4.69) is 10.3 Å². The number of piperazine rings is 1. The maximum Gasteiger partial charge on any atom is 0.233 e. The van der Waals surface area contributed by atoms with Crippen LogP contribution >= 0.6 is 24.2 Å². The van der Waals surface area contributed by atoms with Crippen molar-refractivity contribution in [3.8, 4) is 5.75 Å². The van der Waals surface area contributed by atoms with Crippen LogP contribution in [0.2, 0.25) is 0 Å². The third kappa shape index (κ3) is 4.63. The number of phenolic OH excluding ortho intramolecular Hbond substituents is 1. The van der Waals surface area contributed by atoms with E-state index in [0.717, 1.165) is 23.5 Å². The second-order valence-electron chi connectivity index (χ2n) is 5.38. The van der Waals surface area contributed by atoms with Crippen LogP contribution in [0.4, 0.5) is 0 Å². The third-order valence-corrected chi connectivity index (χ3v) is 4.83. The Morgan fingerprint density at radius 2 is 2.12 bits per heavy atom. The number of carbonyl (C=O) groups excluding carboxylic acids is 1. The van der Waals surface area contributed by atoms with E-state index in [1.54, 1.807) is 18.3 Å². The van der Waals surface area contributed by atoms with Crippen LogP contribution < -0.4 is 5.32 Å². The number of aromatic hydroxyl groups is 1. The highest BCUT2D eigenvalue weighted by Gasteiger charge is 2.27. The van der Waals surface area contributed by atoms with Gasteiger partial charge in [-0.05, 0) is 35.9 Å². The van der Waals surface area contributed by atoms with Gasteiger partial charge in [0.15, 0.2) is 0 Å². The quantitative estimate of drug-likeness (QED) is 0.815. The van der Waals surface area contributed by atoms with E-state index in [9.17, 15) is 9.90 Å². The zero-order valence-electron chi connectivity index (χ0n) is 13.1. The van der Waals surface area contributed by atoms with E-state index in [1.165, 1.54) is 11.8 Å². The summed E-state index contributed by atoms with van der Waals surface area (Å²) in [6.45, 7) is 2.27. The summed E-state index contributed by atoms with van der Waals surface area (Å²) >= 11 is 1.49. The molecule has 24 heavy (non-hydrogen) atoms. The second kappa shape index (κ2) is 8.92. The lowest BCUT2D eigenvalue weighted by molar-refractivity contribution is -0.131. The van der Waals surface area contributed by atoms with Crippen LogP contribution in [-0.4, -0.2) is 46.3 Å². The molecule has 1 aromatic heterocycles. The van der Waals surface area contributed by atoms with E-state index in [-0.39, 0.29) is 30.1 Å². The Morgan fingerprint density at radius 3 is 2.83 bits per heavy atom. The number of aromatic nitrogens is 1. The minimum absolute atomic E-state index is 0. The van der Waals surface area contributed by atoms with Gasteiger partial charge in [0.05, 0.1) is 11.8 Å². The zero-order chi connectivity index (χ0) is 16.1. The highest BCUT2D eigenvalue weighted by atomic mass is 35.5. The average Bonchev–Trinajstić information content (AvgIpc) is 2.62. The number of benzene rings is 1. The SMILES string of the molecule is Cl.O=C(CSc1ccc(O)cc1)N1CCNCC1c1cccnc1. The molecule has 2 N–H and O–H groups in total. The number of thioether (sulfide) groups is 1. The lowest BCUT2D eigenvalue weighted by Crippen LogP contribution is -2.49. The second-order valence-corrected chi connectivity index (χ2v) is 6.42. The van der Waals surface area contributed by atoms with Gasteiger partial charge in [-0.25, -0.2) is 0 Å². The zero-order valence-corrected chi connectivity index (χ0v) is 14.7. The third-order valence-electron chi connectivity index (χ3n) is 3.83. The fraction of sp³-hybridized carbons (Fsp3) is 0.294. The molecule has 0 aliphatic carbocycles. The van der Waals surface area contributed by atoms with Gasteiger partial charge in [0, 0.05) is 36.9 Å². The average molecular weight is 366 g/mol. The summed E-state index contributed by atoms with van der Waals surface area (Å²) in [6, 6.07) is 10.9. The molecule has 1 aliphatic heterocycles. The summed E-state index contributed by atoms with van der Waals surface area (Å²) in [4.78, 5) is 19.7. The Labute approximate surface area is 151 Å². The van der Waals surface area contributed by atoms with Crippen molar-refractivity contribution < 1.29 is 9.90 Å². The number of hydrogen-bond donors (Lipinski definition) is 2. The topological polar surface area (TPSA) is 65.5 Å². The minimum atomic E-state index is 0. The van der Waals surface area contributed by atoms with E-state index < -0.39 is 0 Å². The molecule has 1 unspecified atom stereocenters. The molecule has 0 radical (unpaired) electrons. The Kier molecular flexibility index (Phi) is 6.90. The fourth-order valence-electron chi connectivity index (χ4n) is 2.64. The van der Waals surface area contributed by atoms with Crippen molar-refractivity contribution in [3.05, 3.63) is 54.4 Å². The van der Waals surface area contributed by atoms with Crippen LogP contribution in [-0.2, 0) is 4.79 Å². The maximum absolute atomic E-state index is 12.6. The van der Waals surface area contributed by atoms with Gasteiger partial charge in [0.25, 0.3) is 0 Å². The van der Waals surface area contributed by atoms with Gasteiger partial charge >= 0.3 is 0 Å². The van der Waals surface area contributed by atoms with Gasteiger partial charge in [-0.3, -0.25) is 9.78 Å². The molecule has 1 atom stereocenters. The molecule has 7 heteroatoms. The molecule has 1 saturated heterocycles. The predicted molar refractivity (Wildman–Crippen MR) is 97.6 cm³/mol. The van der Waals surface area contributed by atoms with E-state index in [4.69, 9.17) is 0 Å². The number of halogens is 1. The Bertz CT molecular complexity index is 655. The smallest absolute Gasteiger partial charge is 0.233 e. The molecular formula is C17H20ClN3O2S. The number of hydrogen-bond acceptors (Lipinski definition) is 5. The molecule has 1 aliphatic rings. The number of pyridine rings is 1. The van der Waals surface area contributed by atoms with Gasteiger partial charge < -0.3 is 15.3 Å². The molecule has 3 rings (SSSR count). The number of nitrogens with zero attached hydrogens (tertiary/aromatic N) is 2. The number of nitrogens with one attached hydrogen (secondary N) is 1. The lowest BCUT2D eigenvalue weighted by Gasteiger charge is -2.36. The molecule has 2 heterocycles. The molecule has 0 bridgehead atoms. The van der Waals surface area contributed by atoms with Gasteiger partial charge in [-0.1, -0.05) is 6.07 Å². The summed E-state index contributed by atoms with van der Waals surface area (Å²) in [5.74, 6) is 0.750. The fourth-order valence-corrected chi connectivity index (χ4v) is 3.43. The number of rotatable bonds is 4. The van der Waals surface area contributed by atoms with Crippen LogP contribution in [0.5, 0.6) is 5.75 Å². The molecule has 0 spiro atoms. The standard InChI is InChI=1S/C17H19N3O2S.ClH/c21-14-3-5-15(6-4-14)23-12-17(22)20-9-8-19-11-16(20)13-2-1-7-18-10-13;/h1-7,10,16,19,21H,8-9,11-12H2;1H. The maximum atomic E-state index is 12.6. The molecule has 1 aromatic carbocycles. The van der Waals surface area contributed by atoms with Crippen molar-refractivity contribution >= 4 is 30.1 Å². The van der Waals surface area contributed by atoms with Crippen LogP contribution in [0, 0.1) is 0 Å². The normalized spacial score (nSPS) is 17.2. The van der Waals surface area contributed by atoms with Gasteiger partial charge in [0.2, 0.25) is 5.91 Å². The van der Waals surface area contributed by atoms with Crippen molar-refractivity contribution in [1.29, 1.82) is 0 Å². The summed E-state index contributed by atoms with van der Waals surface area (Å²) in [7, 11) is 0. The molecular weight excluding hydrogens is 346 g/mol. The van der Waals surface area contributed by atoms with Crippen molar-refractivity contribution in [2.75, 3.05) is 25.4 Å². The number of phenols is 1. The molecule has 1 fully saturated rings. The summed E-state index contributed by atoms with van der Waals surface area (Å²) < 4.78 is 0. The number of carbonyl (C=O) groups is 1. The summed E-state index contributed by atoms with van der Waals surface area (Å²) in [6.07, 6.45) is 3.57. The first-order valence-electron chi connectivity index (χ1n) is 7.56. The molecule has 2 aromatic rings. The van der Waals surface area contributed by atoms with Gasteiger partial charge in [-0.15, -0.1) is 24.2 Å².